The van der Waals surface area contributed by atoms with Gasteiger partial charge >= 0.3 is 5.97 Å². The molecule has 0 saturated carbocycles. The molecule has 0 bridgehead atoms. The minimum atomic E-state index is -0.907. The zero-order valence-electron chi connectivity index (χ0n) is 17.7. The highest BCUT2D eigenvalue weighted by Gasteiger charge is 2.35. The molecule has 6 heteroatoms. The molecule has 0 aliphatic carbocycles. The highest BCUT2D eigenvalue weighted by Crippen LogP contribution is 2.38. The van der Waals surface area contributed by atoms with Gasteiger partial charge in [-0.3, -0.25) is 9.59 Å². The summed E-state index contributed by atoms with van der Waals surface area (Å²) in [6, 6.07) is 13.3. The first-order valence-corrected chi connectivity index (χ1v) is 10.6. The lowest BCUT2D eigenvalue weighted by Crippen LogP contribution is -2.36. The fraction of sp³-hybridized carbons (Fsp3) is 0.417. The Hall–Kier alpha value is -2.53. The number of hydrogen-bond donors (Lipinski definition) is 1. The highest BCUT2D eigenvalue weighted by molar-refractivity contribution is 6.30. The van der Waals surface area contributed by atoms with Crippen LogP contribution in [0.15, 0.2) is 42.5 Å². The van der Waals surface area contributed by atoms with E-state index >= 15 is 0 Å². The lowest BCUT2D eigenvalue weighted by Gasteiger charge is -2.24. The first-order valence-electron chi connectivity index (χ1n) is 10.2. The average molecular weight is 430 g/mol. The number of aliphatic carboxylic acids is 1. The van der Waals surface area contributed by atoms with Crippen molar-refractivity contribution in [1.82, 2.24) is 4.90 Å². The molecule has 0 spiro atoms. The van der Waals surface area contributed by atoms with E-state index in [0.717, 1.165) is 16.9 Å². The van der Waals surface area contributed by atoms with Crippen LogP contribution in [0.4, 0.5) is 0 Å². The Kier molecular flexibility index (Phi) is 6.71. The predicted octanol–water partition coefficient (Wildman–Crippen LogP) is 4.85. The lowest BCUT2D eigenvalue weighted by atomic mass is 9.91. The number of carboxylic acid groups (broad SMARTS) is 1. The molecule has 0 aromatic heterocycles. The molecule has 1 aliphatic rings. The van der Waals surface area contributed by atoms with Crippen molar-refractivity contribution < 1.29 is 19.4 Å². The van der Waals surface area contributed by atoms with Crippen molar-refractivity contribution in [3.05, 3.63) is 64.2 Å². The third-order valence-electron chi connectivity index (χ3n) is 5.16. The Balaban J connectivity index is 1.76. The van der Waals surface area contributed by atoms with Crippen molar-refractivity contribution in [1.29, 1.82) is 0 Å². The molecule has 0 unspecified atom stereocenters. The van der Waals surface area contributed by atoms with Crippen LogP contribution in [0.1, 0.15) is 48.7 Å². The summed E-state index contributed by atoms with van der Waals surface area (Å²) in [5.74, 6) is -0.00889. The molecule has 2 aromatic rings. The summed E-state index contributed by atoms with van der Waals surface area (Å²) in [5, 5.41) is 9.71. The van der Waals surface area contributed by atoms with Gasteiger partial charge in [0, 0.05) is 36.5 Å². The number of carbonyl (C=O) groups excluding carboxylic acids is 1. The van der Waals surface area contributed by atoms with Crippen LogP contribution < -0.4 is 4.74 Å². The van der Waals surface area contributed by atoms with Gasteiger partial charge in [0.2, 0.25) is 0 Å². The number of halogens is 1. The fourth-order valence-corrected chi connectivity index (χ4v) is 4.17. The maximum atomic E-state index is 13.1. The van der Waals surface area contributed by atoms with Crippen molar-refractivity contribution in [3.63, 3.8) is 0 Å². The first-order chi connectivity index (χ1) is 14.1. The SMILES string of the molecule is CC(C)CN(CCC(=O)O)C(=O)c1ccc2c(c1)C[C@@](C)(Cc1cccc(Cl)c1)O2. The summed E-state index contributed by atoms with van der Waals surface area (Å²) in [7, 11) is 0. The van der Waals surface area contributed by atoms with Gasteiger partial charge in [0.05, 0.1) is 6.42 Å². The van der Waals surface area contributed by atoms with E-state index < -0.39 is 11.6 Å². The van der Waals surface area contributed by atoms with E-state index in [2.05, 4.69) is 6.92 Å². The zero-order valence-corrected chi connectivity index (χ0v) is 18.4. The van der Waals surface area contributed by atoms with Crippen molar-refractivity contribution in [2.24, 2.45) is 5.92 Å². The molecule has 1 amide bonds. The van der Waals surface area contributed by atoms with Crippen molar-refractivity contribution in [2.45, 2.75) is 45.6 Å². The Bertz CT molecular complexity index is 943. The van der Waals surface area contributed by atoms with Gasteiger partial charge in [-0.05, 0) is 54.3 Å². The number of ether oxygens (including phenoxy) is 1. The first kappa shape index (κ1) is 22.2. The molecule has 0 fully saturated rings. The molecule has 0 saturated heterocycles. The van der Waals surface area contributed by atoms with Gasteiger partial charge in [-0.1, -0.05) is 37.6 Å². The Morgan fingerprint density at radius 2 is 2.00 bits per heavy atom. The molecule has 1 aliphatic heterocycles. The number of hydrogen-bond acceptors (Lipinski definition) is 3. The molecule has 1 N–H and O–H groups in total. The Labute approximate surface area is 182 Å². The maximum absolute atomic E-state index is 13.1. The van der Waals surface area contributed by atoms with E-state index in [1.165, 1.54) is 0 Å². The number of carbonyl (C=O) groups is 2. The molecule has 2 aromatic carbocycles. The van der Waals surface area contributed by atoms with Crippen molar-refractivity contribution in [2.75, 3.05) is 13.1 Å². The van der Waals surface area contributed by atoms with Gasteiger partial charge in [-0.25, -0.2) is 0 Å². The standard InChI is InChI=1S/C24H28ClNO4/c1-16(2)15-26(10-9-22(27)28)23(29)18-7-8-21-19(12-18)14-24(3,30-21)13-17-5-4-6-20(25)11-17/h4-8,11-12,16H,9-10,13-15H2,1-3H3,(H,27,28)/t24-/m1/s1. The van der Waals surface area contributed by atoms with Gasteiger partial charge in [-0.2, -0.15) is 0 Å². The summed E-state index contributed by atoms with van der Waals surface area (Å²) in [6.07, 6.45) is 1.34. The van der Waals surface area contributed by atoms with Crippen LogP contribution in [-0.4, -0.2) is 40.6 Å². The molecule has 5 nitrogen and oxygen atoms in total. The number of carboxylic acids is 1. The number of nitrogens with zero attached hydrogens (tertiary/aromatic N) is 1. The zero-order chi connectivity index (χ0) is 21.9. The normalized spacial score (nSPS) is 17.5. The Morgan fingerprint density at radius 1 is 1.23 bits per heavy atom. The van der Waals surface area contributed by atoms with Crippen molar-refractivity contribution >= 4 is 23.5 Å². The minimum Gasteiger partial charge on any atom is -0.487 e. The molecular weight excluding hydrogens is 402 g/mol. The van der Waals surface area contributed by atoms with Gasteiger partial charge in [0.1, 0.15) is 11.4 Å². The van der Waals surface area contributed by atoms with E-state index in [-0.39, 0.29) is 24.8 Å². The highest BCUT2D eigenvalue weighted by atomic mass is 35.5. The van der Waals surface area contributed by atoms with Crippen LogP contribution in [0.25, 0.3) is 0 Å². The van der Waals surface area contributed by atoms with Crippen LogP contribution >= 0.6 is 11.6 Å². The molecule has 1 atom stereocenters. The maximum Gasteiger partial charge on any atom is 0.305 e. The van der Waals surface area contributed by atoms with Gasteiger partial charge < -0.3 is 14.7 Å². The quantitative estimate of drug-likeness (QED) is 0.651. The molecule has 3 rings (SSSR count). The molecule has 1 heterocycles. The van der Waals surface area contributed by atoms with Gasteiger partial charge in [-0.15, -0.1) is 0 Å². The van der Waals surface area contributed by atoms with Crippen LogP contribution in [-0.2, 0) is 17.6 Å². The summed E-state index contributed by atoms with van der Waals surface area (Å²) in [6.45, 7) is 6.81. The van der Waals surface area contributed by atoms with E-state index in [1.54, 1.807) is 11.0 Å². The topological polar surface area (TPSA) is 66.8 Å². The van der Waals surface area contributed by atoms with Crippen LogP contribution in [0.5, 0.6) is 5.75 Å². The van der Waals surface area contributed by atoms with Crippen LogP contribution in [0.2, 0.25) is 5.02 Å². The summed E-state index contributed by atoms with van der Waals surface area (Å²) in [4.78, 5) is 25.7. The second kappa shape index (κ2) is 9.09. The summed E-state index contributed by atoms with van der Waals surface area (Å²) < 4.78 is 6.23. The summed E-state index contributed by atoms with van der Waals surface area (Å²) >= 11 is 6.11. The summed E-state index contributed by atoms with van der Waals surface area (Å²) in [5.41, 5.74) is 2.25. The monoisotopic (exact) mass is 429 g/mol. The van der Waals surface area contributed by atoms with E-state index in [1.807, 2.05) is 50.2 Å². The smallest absolute Gasteiger partial charge is 0.305 e. The largest absolute Gasteiger partial charge is 0.487 e. The predicted molar refractivity (Wildman–Crippen MR) is 117 cm³/mol. The van der Waals surface area contributed by atoms with Crippen LogP contribution in [0, 0.1) is 5.92 Å². The minimum absolute atomic E-state index is 0.0653. The third-order valence-corrected chi connectivity index (χ3v) is 5.40. The Morgan fingerprint density at radius 3 is 2.67 bits per heavy atom. The molecule has 30 heavy (non-hydrogen) atoms. The van der Waals surface area contributed by atoms with Crippen LogP contribution in [0.3, 0.4) is 0 Å². The van der Waals surface area contributed by atoms with E-state index in [0.29, 0.717) is 30.0 Å². The number of amides is 1. The fourth-order valence-electron chi connectivity index (χ4n) is 3.96. The number of fused-ring (bicyclic) bond motifs is 1. The van der Waals surface area contributed by atoms with Crippen molar-refractivity contribution in [3.8, 4) is 5.75 Å². The van der Waals surface area contributed by atoms with E-state index in [9.17, 15) is 9.59 Å². The molecule has 0 radical (unpaired) electrons. The third kappa shape index (κ3) is 5.54. The lowest BCUT2D eigenvalue weighted by molar-refractivity contribution is -0.137. The molecular formula is C24H28ClNO4. The second-order valence-electron chi connectivity index (χ2n) is 8.65. The average Bonchev–Trinajstić information content (AvgIpc) is 2.98. The van der Waals surface area contributed by atoms with E-state index in [4.69, 9.17) is 21.4 Å². The number of benzene rings is 2. The van der Waals surface area contributed by atoms with Gasteiger partial charge in [0.15, 0.2) is 0 Å². The molecule has 160 valence electrons. The number of rotatable bonds is 8. The van der Waals surface area contributed by atoms with Gasteiger partial charge in [0.25, 0.3) is 5.91 Å². The second-order valence-corrected chi connectivity index (χ2v) is 9.08.